The van der Waals surface area contributed by atoms with Crippen molar-refractivity contribution in [3.8, 4) is 11.1 Å². The summed E-state index contributed by atoms with van der Waals surface area (Å²) in [6.07, 6.45) is 0. The molecule has 0 spiro atoms. The smallest absolute Gasteiger partial charge is 0.0598 e. The molecule has 0 aromatic heterocycles. The number of hydrogen-bond donors (Lipinski definition) is 0. The van der Waals surface area contributed by atoms with Crippen LogP contribution in [-0.2, 0) is 0 Å². The molecule has 2 heteroatoms. The molecule has 0 amide bonds. The van der Waals surface area contributed by atoms with Crippen molar-refractivity contribution in [1.82, 2.24) is 0 Å². The summed E-state index contributed by atoms with van der Waals surface area (Å²) in [5.41, 5.74) is 2.18. The van der Waals surface area contributed by atoms with Crippen molar-refractivity contribution < 1.29 is 0 Å². The minimum absolute atomic E-state index is 0. The lowest BCUT2D eigenvalue weighted by atomic mass is 10.1. The van der Waals surface area contributed by atoms with Crippen molar-refractivity contribution in [3.63, 3.8) is 0 Å². The van der Waals surface area contributed by atoms with Gasteiger partial charge in [-0.3, -0.25) is 0 Å². The maximum atomic E-state index is 5.92. The summed E-state index contributed by atoms with van der Waals surface area (Å²) in [5, 5.41) is 1.16. The molecule has 0 aliphatic rings. The molecule has 0 aliphatic carbocycles. The molecule has 1 radical (unpaired) electrons. The fraction of sp³-hybridized carbons (Fsp3) is 0.0769. The number of rotatable bonds is 1. The summed E-state index contributed by atoms with van der Waals surface area (Å²) in [5.74, 6) is 0. The molecule has 0 bridgehead atoms. The minimum Gasteiger partial charge on any atom is -0.0827 e. The molecule has 0 nitrogen and oxygen atoms in total. The van der Waals surface area contributed by atoms with Crippen LogP contribution < -0.4 is 0 Å². The molecule has 0 unspecified atom stereocenters. The van der Waals surface area contributed by atoms with E-state index in [2.05, 4.69) is 6.07 Å². The summed E-state index contributed by atoms with van der Waals surface area (Å²) in [4.78, 5) is 0. The maximum Gasteiger partial charge on any atom is 0.0598 e. The van der Waals surface area contributed by atoms with Crippen molar-refractivity contribution in [2.75, 3.05) is 0 Å². The minimum atomic E-state index is 0. The van der Waals surface area contributed by atoms with Crippen LogP contribution in [0.15, 0.2) is 42.5 Å². The molecule has 0 saturated heterocycles. The Morgan fingerprint density at radius 3 is 2.07 bits per heavy atom. The van der Waals surface area contributed by atoms with Crippen LogP contribution >= 0.6 is 23.2 Å². The van der Waals surface area contributed by atoms with Crippen LogP contribution in [0, 0.1) is 6.07 Å². The van der Waals surface area contributed by atoms with E-state index in [4.69, 9.17) is 23.2 Å². The second-order valence-corrected chi connectivity index (χ2v) is 3.73. The van der Waals surface area contributed by atoms with Crippen LogP contribution in [0.4, 0.5) is 0 Å². The van der Waals surface area contributed by atoms with Gasteiger partial charge in [0.1, 0.15) is 0 Å². The zero-order valence-corrected chi connectivity index (χ0v) is 8.81. The van der Waals surface area contributed by atoms with Gasteiger partial charge in [-0.05, 0) is 29.3 Å². The normalized spacial score (nSPS) is 9.47. The molecule has 77 valence electrons. The van der Waals surface area contributed by atoms with Gasteiger partial charge >= 0.3 is 0 Å². The Labute approximate surface area is 100 Å². The Morgan fingerprint density at radius 2 is 1.47 bits per heavy atom. The Balaban J connectivity index is 0.00000112. The molecule has 2 aromatic rings. The average molecular weight is 238 g/mol. The molecule has 2 aromatic carbocycles. The van der Waals surface area contributed by atoms with Crippen LogP contribution in [0.1, 0.15) is 7.43 Å². The zero-order chi connectivity index (χ0) is 9.97. The highest BCUT2D eigenvalue weighted by molar-refractivity contribution is 6.42. The summed E-state index contributed by atoms with van der Waals surface area (Å²) >= 11 is 11.8. The molecule has 0 atom stereocenters. The van der Waals surface area contributed by atoms with Crippen molar-refractivity contribution >= 4 is 23.2 Å². The van der Waals surface area contributed by atoms with Crippen LogP contribution in [0.25, 0.3) is 11.1 Å². The first kappa shape index (κ1) is 12.1. The van der Waals surface area contributed by atoms with E-state index in [0.717, 1.165) is 11.1 Å². The van der Waals surface area contributed by atoms with E-state index in [1.165, 1.54) is 0 Å². The zero-order valence-electron chi connectivity index (χ0n) is 7.30. The summed E-state index contributed by atoms with van der Waals surface area (Å²) < 4.78 is 0. The summed E-state index contributed by atoms with van der Waals surface area (Å²) in [7, 11) is 0. The second-order valence-electron chi connectivity index (χ2n) is 2.92. The first-order valence-electron chi connectivity index (χ1n) is 4.19. The number of benzene rings is 2. The molecular weight excluding hydrogens is 227 g/mol. The molecule has 15 heavy (non-hydrogen) atoms. The number of halogens is 2. The first-order chi connectivity index (χ1) is 6.77. The highest BCUT2D eigenvalue weighted by Crippen LogP contribution is 2.28. The second kappa shape index (κ2) is 5.20. The largest absolute Gasteiger partial charge is 0.0827 e. The third kappa shape index (κ3) is 2.74. The fourth-order valence-electron chi connectivity index (χ4n) is 1.26. The van der Waals surface area contributed by atoms with E-state index in [1.54, 1.807) is 6.07 Å². The van der Waals surface area contributed by atoms with Gasteiger partial charge in [-0.15, -0.1) is 0 Å². The third-order valence-corrected chi connectivity index (χ3v) is 2.71. The highest BCUT2D eigenvalue weighted by Gasteiger charge is 2.00. The Morgan fingerprint density at radius 1 is 0.800 bits per heavy atom. The Kier molecular flexibility index (Phi) is 4.19. The standard InChI is InChI=1S/C12H7Cl2.CH4/c13-11-7-6-10(8-12(11)14)9-4-2-1-3-5-9;/h2-8H;1H4. The predicted molar refractivity (Wildman–Crippen MR) is 67.5 cm³/mol. The van der Waals surface area contributed by atoms with Gasteiger partial charge < -0.3 is 0 Å². The molecule has 0 saturated carbocycles. The Bertz CT molecular complexity index is 436. The van der Waals surface area contributed by atoms with Crippen LogP contribution in [0.2, 0.25) is 10.0 Å². The first-order valence-corrected chi connectivity index (χ1v) is 4.94. The van der Waals surface area contributed by atoms with Gasteiger partial charge in [-0.2, -0.15) is 0 Å². The summed E-state index contributed by atoms with van der Waals surface area (Å²) in [6, 6.07) is 16.3. The quantitative estimate of drug-likeness (QED) is 0.648. The van der Waals surface area contributed by atoms with E-state index < -0.39 is 0 Å². The van der Waals surface area contributed by atoms with E-state index in [1.807, 2.05) is 36.4 Å². The van der Waals surface area contributed by atoms with E-state index in [9.17, 15) is 0 Å². The molecule has 0 heterocycles. The predicted octanol–water partition coefficient (Wildman–Crippen LogP) is 5.10. The molecule has 0 fully saturated rings. The summed E-state index contributed by atoms with van der Waals surface area (Å²) in [6.45, 7) is 0. The van der Waals surface area contributed by atoms with Gasteiger partial charge in [-0.1, -0.05) is 61.0 Å². The topological polar surface area (TPSA) is 0 Å². The lowest BCUT2D eigenvalue weighted by Crippen LogP contribution is -1.77. The van der Waals surface area contributed by atoms with Gasteiger partial charge in [-0.25, -0.2) is 0 Å². The van der Waals surface area contributed by atoms with Crippen LogP contribution in [0.5, 0.6) is 0 Å². The molecule has 0 N–H and O–H groups in total. The monoisotopic (exact) mass is 237 g/mol. The van der Waals surface area contributed by atoms with Gasteiger partial charge in [0.15, 0.2) is 0 Å². The number of hydrogen-bond acceptors (Lipinski definition) is 0. The lowest BCUT2D eigenvalue weighted by molar-refractivity contribution is 1.61. The van der Waals surface area contributed by atoms with E-state index in [0.29, 0.717) is 10.0 Å². The lowest BCUT2D eigenvalue weighted by Gasteiger charge is -2.02. The maximum absolute atomic E-state index is 5.92. The molecule has 0 aliphatic heterocycles. The molecule has 2 rings (SSSR count). The van der Waals surface area contributed by atoms with Crippen molar-refractivity contribution in [3.05, 3.63) is 58.6 Å². The molecular formula is C13H11Cl2. The van der Waals surface area contributed by atoms with Gasteiger partial charge in [0.2, 0.25) is 0 Å². The SMILES string of the molecule is C.Clc1ccc(-c2cc[c]cc2)cc1Cl. The van der Waals surface area contributed by atoms with E-state index >= 15 is 0 Å². The van der Waals surface area contributed by atoms with Crippen LogP contribution in [-0.4, -0.2) is 0 Å². The van der Waals surface area contributed by atoms with Gasteiger partial charge in [0.25, 0.3) is 0 Å². The highest BCUT2D eigenvalue weighted by atomic mass is 35.5. The van der Waals surface area contributed by atoms with Gasteiger partial charge in [0.05, 0.1) is 10.0 Å². The van der Waals surface area contributed by atoms with Crippen molar-refractivity contribution in [1.29, 1.82) is 0 Å². The van der Waals surface area contributed by atoms with Gasteiger partial charge in [0, 0.05) is 0 Å². The van der Waals surface area contributed by atoms with Crippen LogP contribution in [0.3, 0.4) is 0 Å². The Hall–Kier alpha value is -0.980. The third-order valence-electron chi connectivity index (χ3n) is 1.97. The fourth-order valence-corrected chi connectivity index (χ4v) is 1.55. The van der Waals surface area contributed by atoms with Crippen molar-refractivity contribution in [2.24, 2.45) is 0 Å². The average Bonchev–Trinajstić information content (AvgIpc) is 2.23. The van der Waals surface area contributed by atoms with E-state index in [-0.39, 0.29) is 7.43 Å². The van der Waals surface area contributed by atoms with Crippen molar-refractivity contribution in [2.45, 2.75) is 7.43 Å².